The highest BCUT2D eigenvalue weighted by Crippen LogP contribution is 2.34. The molecule has 130 valence electrons. The summed E-state index contributed by atoms with van der Waals surface area (Å²) in [5, 5.41) is 3.64. The fourth-order valence-electron chi connectivity index (χ4n) is 2.24. The van der Waals surface area contributed by atoms with Gasteiger partial charge in [-0.25, -0.2) is 14.1 Å². The Morgan fingerprint density at radius 3 is 2.17 bits per heavy atom. The van der Waals surface area contributed by atoms with Gasteiger partial charge in [-0.15, -0.1) is 0 Å². The van der Waals surface area contributed by atoms with Crippen molar-refractivity contribution in [1.29, 1.82) is 0 Å². The summed E-state index contributed by atoms with van der Waals surface area (Å²) in [5.74, 6) is -2.24. The molecule has 0 radical (unpaired) electrons. The second-order valence-corrected chi connectivity index (χ2v) is 5.33. The average molecular weight is 344 g/mol. The van der Waals surface area contributed by atoms with Crippen molar-refractivity contribution in [2.45, 2.75) is 25.9 Å². The van der Waals surface area contributed by atoms with Crippen LogP contribution in [0.1, 0.15) is 51.9 Å². The van der Waals surface area contributed by atoms with Crippen LogP contribution in [0.3, 0.4) is 0 Å². The van der Waals surface area contributed by atoms with E-state index in [1.54, 1.807) is 13.8 Å². The van der Waals surface area contributed by atoms with Crippen LogP contribution in [0.5, 0.6) is 0 Å². The zero-order chi connectivity index (χ0) is 18.2. The van der Waals surface area contributed by atoms with Gasteiger partial charge in [0.05, 0.1) is 19.7 Å². The minimum Gasteiger partial charge on any atom is -0.465 e. The topological polar surface area (TPSA) is 69.9 Å². The average Bonchev–Trinajstić information content (AvgIpc) is 2.90. The Bertz CT molecular complexity index is 809. The molecule has 2 heterocycles. The Kier molecular flexibility index (Phi) is 4.54. The third-order valence-corrected chi connectivity index (χ3v) is 3.48. The molecule has 2 aromatic heterocycles. The summed E-state index contributed by atoms with van der Waals surface area (Å²) in [5.41, 5.74) is -1.81. The van der Waals surface area contributed by atoms with Crippen molar-refractivity contribution in [3.8, 4) is 0 Å². The number of hydrogen-bond acceptors (Lipinski definition) is 5. The van der Waals surface area contributed by atoms with Gasteiger partial charge in [-0.3, -0.25) is 0 Å². The van der Waals surface area contributed by atoms with Crippen LogP contribution in [0.2, 0.25) is 0 Å². The fraction of sp³-hybridized carbons (Fsp3) is 0.400. The van der Waals surface area contributed by atoms with Gasteiger partial charge in [0.15, 0.2) is 5.69 Å². The molecular formula is C15H15F3N2O4. The first-order valence-electron chi connectivity index (χ1n) is 6.92. The van der Waals surface area contributed by atoms with E-state index in [4.69, 9.17) is 0 Å². The monoisotopic (exact) mass is 344 g/mol. The molecule has 0 N–H and O–H groups in total. The van der Waals surface area contributed by atoms with Crippen molar-refractivity contribution in [2.75, 3.05) is 14.2 Å². The van der Waals surface area contributed by atoms with Crippen LogP contribution in [-0.2, 0) is 15.7 Å². The second kappa shape index (κ2) is 6.14. The van der Waals surface area contributed by atoms with Crippen molar-refractivity contribution in [3.05, 3.63) is 34.6 Å². The number of rotatable bonds is 3. The van der Waals surface area contributed by atoms with Gasteiger partial charge >= 0.3 is 18.1 Å². The Labute approximate surface area is 135 Å². The molecule has 24 heavy (non-hydrogen) atoms. The first-order chi connectivity index (χ1) is 11.1. The summed E-state index contributed by atoms with van der Waals surface area (Å²) >= 11 is 0. The molecule has 0 bridgehead atoms. The summed E-state index contributed by atoms with van der Waals surface area (Å²) in [6.07, 6.45) is -4.73. The second-order valence-electron chi connectivity index (χ2n) is 5.33. The summed E-state index contributed by atoms with van der Waals surface area (Å²) in [4.78, 5) is 23.8. The van der Waals surface area contributed by atoms with E-state index >= 15 is 0 Å². The van der Waals surface area contributed by atoms with Gasteiger partial charge in [0.2, 0.25) is 0 Å². The predicted octanol–water partition coefficient (Wildman–Crippen LogP) is 3.05. The van der Waals surface area contributed by atoms with Gasteiger partial charge < -0.3 is 9.47 Å². The Hall–Kier alpha value is -2.58. The van der Waals surface area contributed by atoms with E-state index in [1.807, 2.05) is 0 Å². The van der Waals surface area contributed by atoms with Crippen LogP contribution < -0.4 is 0 Å². The number of carbonyl (C=O) groups excluding carboxylic acids is 2. The number of esters is 2. The van der Waals surface area contributed by atoms with Crippen LogP contribution in [0.4, 0.5) is 13.2 Å². The number of carbonyl (C=O) groups is 2. The lowest BCUT2D eigenvalue weighted by molar-refractivity contribution is -0.142. The van der Waals surface area contributed by atoms with E-state index in [1.165, 1.54) is 6.07 Å². The lowest BCUT2D eigenvalue weighted by Gasteiger charge is -2.13. The number of fused-ring (bicyclic) bond motifs is 1. The zero-order valence-electron chi connectivity index (χ0n) is 13.4. The molecule has 0 aromatic carbocycles. The molecule has 0 fully saturated rings. The largest absolute Gasteiger partial charge is 0.465 e. The third kappa shape index (κ3) is 2.93. The van der Waals surface area contributed by atoms with Crippen molar-refractivity contribution in [3.63, 3.8) is 0 Å². The predicted molar refractivity (Wildman–Crippen MR) is 77.0 cm³/mol. The Balaban J connectivity index is 2.97. The molecule has 0 saturated heterocycles. The Morgan fingerprint density at radius 2 is 1.71 bits per heavy atom. The number of nitrogens with zero attached hydrogens (tertiary/aromatic N) is 2. The molecule has 0 aliphatic heterocycles. The number of aromatic nitrogens is 2. The highest BCUT2D eigenvalue weighted by molar-refractivity contribution is 6.07. The maximum absolute atomic E-state index is 13.4. The number of halogens is 3. The molecule has 0 spiro atoms. The first kappa shape index (κ1) is 17.8. The minimum atomic E-state index is -4.73. The van der Waals surface area contributed by atoms with E-state index in [9.17, 15) is 22.8 Å². The van der Waals surface area contributed by atoms with Crippen LogP contribution in [0.25, 0.3) is 5.52 Å². The van der Waals surface area contributed by atoms with E-state index in [-0.39, 0.29) is 17.0 Å². The molecule has 2 rings (SSSR count). The van der Waals surface area contributed by atoms with Gasteiger partial charge in [0, 0.05) is 0 Å². The summed E-state index contributed by atoms with van der Waals surface area (Å²) in [6, 6.07) is 2.32. The number of ether oxygens (including phenoxy) is 2. The van der Waals surface area contributed by atoms with E-state index in [0.29, 0.717) is 10.1 Å². The van der Waals surface area contributed by atoms with Gasteiger partial charge in [0.1, 0.15) is 11.3 Å². The van der Waals surface area contributed by atoms with Crippen molar-refractivity contribution < 1.29 is 32.2 Å². The fourth-order valence-corrected chi connectivity index (χ4v) is 2.24. The van der Waals surface area contributed by atoms with E-state index in [2.05, 4.69) is 14.6 Å². The molecule has 9 heteroatoms. The minimum absolute atomic E-state index is 0.166. The third-order valence-electron chi connectivity index (χ3n) is 3.48. The molecular weight excluding hydrogens is 329 g/mol. The molecule has 0 saturated carbocycles. The maximum atomic E-state index is 13.4. The van der Waals surface area contributed by atoms with Crippen molar-refractivity contribution in [2.24, 2.45) is 0 Å². The highest BCUT2D eigenvalue weighted by atomic mass is 19.4. The Morgan fingerprint density at radius 1 is 1.12 bits per heavy atom. The van der Waals surface area contributed by atoms with Crippen molar-refractivity contribution >= 4 is 17.5 Å². The molecule has 0 amide bonds. The van der Waals surface area contributed by atoms with Gasteiger partial charge in [-0.2, -0.15) is 18.3 Å². The first-order valence-corrected chi connectivity index (χ1v) is 6.92. The van der Waals surface area contributed by atoms with Crippen LogP contribution in [0, 0.1) is 0 Å². The SMILES string of the molecule is COC(=O)c1nn2c(C(F)(F)F)cc(C(C)C)cc2c1C(=O)OC. The molecule has 0 atom stereocenters. The quantitative estimate of drug-likeness (QED) is 0.801. The van der Waals surface area contributed by atoms with Gasteiger partial charge in [-0.1, -0.05) is 13.8 Å². The van der Waals surface area contributed by atoms with Gasteiger partial charge in [-0.05, 0) is 23.6 Å². The normalized spacial score (nSPS) is 11.8. The van der Waals surface area contributed by atoms with Crippen LogP contribution in [-0.4, -0.2) is 35.8 Å². The number of hydrogen-bond donors (Lipinski definition) is 0. The molecule has 2 aromatic rings. The smallest absolute Gasteiger partial charge is 0.433 e. The standard InChI is InChI=1S/C15H15F3N2O4/c1-7(2)8-5-9-11(13(21)23-3)12(14(22)24-4)19-20(9)10(6-8)15(16,17)18/h5-7H,1-4H3. The van der Waals surface area contributed by atoms with Crippen LogP contribution >= 0.6 is 0 Å². The number of methoxy groups -OCH3 is 2. The summed E-state index contributed by atoms with van der Waals surface area (Å²) in [7, 11) is 2.10. The zero-order valence-corrected chi connectivity index (χ0v) is 13.4. The molecule has 6 nitrogen and oxygen atoms in total. The molecule has 0 aliphatic rings. The number of alkyl halides is 3. The van der Waals surface area contributed by atoms with Crippen LogP contribution in [0.15, 0.2) is 12.1 Å². The maximum Gasteiger partial charge on any atom is 0.433 e. The van der Waals surface area contributed by atoms with Gasteiger partial charge in [0.25, 0.3) is 0 Å². The molecule has 0 aliphatic carbocycles. The molecule has 0 unspecified atom stereocenters. The highest BCUT2D eigenvalue weighted by Gasteiger charge is 2.37. The summed E-state index contributed by atoms with van der Waals surface area (Å²) < 4.78 is 49.7. The number of pyridine rings is 1. The van der Waals surface area contributed by atoms with Crippen molar-refractivity contribution in [1.82, 2.24) is 9.61 Å². The van der Waals surface area contributed by atoms with E-state index in [0.717, 1.165) is 20.3 Å². The van der Waals surface area contributed by atoms with E-state index < -0.39 is 29.5 Å². The summed E-state index contributed by atoms with van der Waals surface area (Å²) in [6.45, 7) is 3.42. The lowest BCUT2D eigenvalue weighted by Crippen LogP contribution is -2.14. The lowest BCUT2D eigenvalue weighted by atomic mass is 10.0.